The predicted octanol–water partition coefficient (Wildman–Crippen LogP) is 2.64. The maximum absolute atomic E-state index is 12.4. The molecule has 0 aliphatic heterocycles. The number of methoxy groups -OCH3 is 1. The second kappa shape index (κ2) is 7.32. The Balaban J connectivity index is 2.12. The number of rotatable bonds is 6. The van der Waals surface area contributed by atoms with Gasteiger partial charge in [0.1, 0.15) is 0 Å². The molecule has 124 valence electrons. The zero-order valence-electron chi connectivity index (χ0n) is 13.3. The molecule has 1 N–H and O–H groups in total. The molecule has 1 heterocycles. The molecule has 23 heavy (non-hydrogen) atoms. The van der Waals surface area contributed by atoms with Crippen LogP contribution in [0.1, 0.15) is 23.0 Å². The minimum Gasteiger partial charge on any atom is -0.504 e. The van der Waals surface area contributed by atoms with Crippen LogP contribution >= 0.6 is 11.3 Å². The highest BCUT2D eigenvalue weighted by atomic mass is 32.1. The number of esters is 1. The van der Waals surface area contributed by atoms with Crippen LogP contribution in [0.4, 0.5) is 0 Å². The molecule has 0 saturated carbocycles. The number of hydrogen-bond donors (Lipinski definition) is 1. The number of ether oxygens (including phenoxy) is 2. The number of aromatic hydroxyl groups is 1. The third-order valence-corrected chi connectivity index (χ3v) is 4.42. The Kier molecular flexibility index (Phi) is 5.44. The van der Waals surface area contributed by atoms with Crippen LogP contribution in [0.15, 0.2) is 18.2 Å². The van der Waals surface area contributed by atoms with Crippen molar-refractivity contribution < 1.29 is 24.2 Å². The van der Waals surface area contributed by atoms with E-state index in [4.69, 9.17) is 9.47 Å². The van der Waals surface area contributed by atoms with Crippen LogP contribution in [0.5, 0.6) is 11.5 Å². The maximum atomic E-state index is 12.4. The topological polar surface area (TPSA) is 76.1 Å². The zero-order chi connectivity index (χ0) is 17.0. The summed E-state index contributed by atoms with van der Waals surface area (Å²) in [6.07, 6.45) is 0.162. The summed E-state index contributed by atoms with van der Waals surface area (Å²) in [4.78, 5) is 25.8. The molecule has 1 aromatic carbocycles. The van der Waals surface area contributed by atoms with Gasteiger partial charge in [-0.15, -0.1) is 11.3 Å². The number of phenolic OH excluding ortho intramolecular Hbond substituents is 1. The summed E-state index contributed by atoms with van der Waals surface area (Å²) >= 11 is 1.29. The molecule has 0 aliphatic rings. The van der Waals surface area contributed by atoms with Gasteiger partial charge in [-0.25, -0.2) is 0 Å². The monoisotopic (exact) mass is 337 g/mol. The number of hydrogen-bond acceptors (Lipinski definition) is 6. The van der Waals surface area contributed by atoms with Crippen molar-refractivity contribution >= 4 is 33.3 Å². The Bertz CT molecular complexity index is 725. The van der Waals surface area contributed by atoms with Gasteiger partial charge in [0.2, 0.25) is 0 Å². The molecule has 0 saturated heterocycles. The lowest BCUT2D eigenvalue weighted by molar-refractivity contribution is -0.143. The van der Waals surface area contributed by atoms with E-state index in [2.05, 4.69) is 0 Å². The fourth-order valence-electron chi connectivity index (χ4n) is 2.11. The lowest BCUT2D eigenvalue weighted by Crippen LogP contribution is -2.28. The summed E-state index contributed by atoms with van der Waals surface area (Å²) in [7, 11) is 3.12. The predicted molar refractivity (Wildman–Crippen MR) is 88.3 cm³/mol. The van der Waals surface area contributed by atoms with Gasteiger partial charge in [-0.3, -0.25) is 9.59 Å². The highest BCUT2D eigenvalue weighted by Crippen LogP contribution is 2.35. The van der Waals surface area contributed by atoms with Crippen molar-refractivity contribution in [2.45, 2.75) is 13.3 Å². The van der Waals surface area contributed by atoms with E-state index in [0.717, 1.165) is 10.1 Å². The van der Waals surface area contributed by atoms with Crippen molar-refractivity contribution in [1.29, 1.82) is 0 Å². The lowest BCUT2D eigenvalue weighted by Gasteiger charge is -2.15. The largest absolute Gasteiger partial charge is 0.504 e. The summed E-state index contributed by atoms with van der Waals surface area (Å²) < 4.78 is 10.7. The first-order valence-corrected chi connectivity index (χ1v) is 7.99. The van der Waals surface area contributed by atoms with Crippen LogP contribution in [-0.2, 0) is 9.53 Å². The zero-order valence-corrected chi connectivity index (χ0v) is 14.1. The molecule has 0 unspecified atom stereocenters. The number of thiophene rings is 1. The quantitative estimate of drug-likeness (QED) is 0.820. The number of fused-ring (bicyclic) bond motifs is 1. The van der Waals surface area contributed by atoms with Crippen molar-refractivity contribution in [3.63, 3.8) is 0 Å². The molecule has 0 fully saturated rings. The first-order valence-electron chi connectivity index (χ1n) is 7.18. The van der Waals surface area contributed by atoms with Crippen LogP contribution in [0.2, 0.25) is 0 Å². The van der Waals surface area contributed by atoms with Gasteiger partial charge in [0.05, 0.1) is 25.0 Å². The number of benzene rings is 1. The molecular formula is C16H19NO5S. The van der Waals surface area contributed by atoms with Crippen molar-refractivity contribution in [1.82, 2.24) is 4.90 Å². The fraction of sp³-hybridized carbons (Fsp3) is 0.375. The second-order valence-corrected chi connectivity index (χ2v) is 6.04. The highest BCUT2D eigenvalue weighted by Gasteiger charge is 2.17. The molecule has 0 aliphatic carbocycles. The van der Waals surface area contributed by atoms with E-state index < -0.39 is 0 Å². The minimum absolute atomic E-state index is 0.0384. The average molecular weight is 337 g/mol. The van der Waals surface area contributed by atoms with E-state index in [-0.39, 0.29) is 24.0 Å². The molecule has 6 nitrogen and oxygen atoms in total. The van der Waals surface area contributed by atoms with Crippen molar-refractivity contribution in [2.75, 3.05) is 27.3 Å². The molecule has 7 heteroatoms. The van der Waals surface area contributed by atoms with Crippen LogP contribution in [0.3, 0.4) is 0 Å². The summed E-state index contributed by atoms with van der Waals surface area (Å²) in [5.74, 6) is -0.0893. The van der Waals surface area contributed by atoms with Gasteiger partial charge >= 0.3 is 5.97 Å². The normalized spacial score (nSPS) is 10.6. The lowest BCUT2D eigenvalue weighted by atomic mass is 10.2. The smallest absolute Gasteiger partial charge is 0.307 e. The maximum Gasteiger partial charge on any atom is 0.307 e. The number of amides is 1. The average Bonchev–Trinajstić information content (AvgIpc) is 2.93. The Morgan fingerprint density at radius 1 is 1.30 bits per heavy atom. The molecule has 2 rings (SSSR count). The van der Waals surface area contributed by atoms with Crippen molar-refractivity contribution in [2.24, 2.45) is 0 Å². The van der Waals surface area contributed by atoms with Gasteiger partial charge in [0.15, 0.2) is 11.5 Å². The van der Waals surface area contributed by atoms with Crippen molar-refractivity contribution in [3.8, 4) is 11.5 Å². The van der Waals surface area contributed by atoms with Crippen LogP contribution in [-0.4, -0.2) is 49.2 Å². The van der Waals surface area contributed by atoms with Gasteiger partial charge in [0.25, 0.3) is 5.91 Å². The van der Waals surface area contributed by atoms with E-state index >= 15 is 0 Å². The third kappa shape index (κ3) is 3.92. The fourth-order valence-corrected chi connectivity index (χ4v) is 3.18. The Morgan fingerprint density at radius 3 is 2.70 bits per heavy atom. The van der Waals surface area contributed by atoms with Gasteiger partial charge in [-0.2, -0.15) is 0 Å². The summed E-state index contributed by atoms with van der Waals surface area (Å²) in [5.41, 5.74) is 0. The SMILES string of the molecule is CCOC(=O)CCN(C)C(=O)c1cc2cc(OC)c(O)cc2s1. The standard InChI is InChI=1S/C16H19NO5S/c1-4-22-15(19)5-6-17(2)16(20)14-8-10-7-12(21-3)11(18)9-13(10)23-14/h7-9,18H,4-6H2,1-3H3. The Morgan fingerprint density at radius 2 is 2.04 bits per heavy atom. The van der Waals surface area contributed by atoms with Gasteiger partial charge in [-0.05, 0) is 24.4 Å². The molecule has 0 spiro atoms. The molecule has 0 atom stereocenters. The van der Waals surface area contributed by atoms with Gasteiger partial charge in [0, 0.05) is 24.4 Å². The molecule has 2 aromatic rings. The third-order valence-electron chi connectivity index (χ3n) is 3.33. The molecule has 1 amide bonds. The minimum atomic E-state index is -0.321. The Hall–Kier alpha value is -2.28. The number of carbonyl (C=O) groups excluding carboxylic acids is 2. The van der Waals surface area contributed by atoms with E-state index in [1.165, 1.54) is 23.3 Å². The Labute approximate surface area is 138 Å². The number of carbonyl (C=O) groups is 2. The van der Waals surface area contributed by atoms with E-state index in [1.807, 2.05) is 0 Å². The first-order chi connectivity index (χ1) is 11.0. The second-order valence-electron chi connectivity index (χ2n) is 4.95. The van der Waals surface area contributed by atoms with Crippen LogP contribution < -0.4 is 4.74 Å². The van der Waals surface area contributed by atoms with Crippen LogP contribution in [0, 0.1) is 0 Å². The molecule has 0 radical (unpaired) electrons. The molecular weight excluding hydrogens is 318 g/mol. The van der Waals surface area contributed by atoms with Crippen LogP contribution in [0.25, 0.3) is 10.1 Å². The summed E-state index contributed by atoms with van der Waals surface area (Å²) in [6, 6.07) is 5.02. The number of phenols is 1. The van der Waals surface area contributed by atoms with E-state index in [9.17, 15) is 14.7 Å². The summed E-state index contributed by atoms with van der Waals surface area (Å²) in [5, 5.41) is 10.6. The first kappa shape index (κ1) is 17.1. The van der Waals surface area contributed by atoms with E-state index in [1.54, 1.807) is 32.2 Å². The van der Waals surface area contributed by atoms with Gasteiger partial charge in [-0.1, -0.05) is 0 Å². The van der Waals surface area contributed by atoms with E-state index in [0.29, 0.717) is 23.8 Å². The molecule has 1 aromatic heterocycles. The summed E-state index contributed by atoms with van der Waals surface area (Å²) in [6.45, 7) is 2.37. The van der Waals surface area contributed by atoms with Gasteiger partial charge < -0.3 is 19.5 Å². The van der Waals surface area contributed by atoms with Crippen molar-refractivity contribution in [3.05, 3.63) is 23.1 Å². The highest BCUT2D eigenvalue weighted by molar-refractivity contribution is 7.20. The molecule has 0 bridgehead atoms. The number of nitrogens with zero attached hydrogens (tertiary/aromatic N) is 1.